The summed E-state index contributed by atoms with van der Waals surface area (Å²) in [6.45, 7) is 0.377. The first-order valence-electron chi connectivity index (χ1n) is 9.58. The number of halogens is 3. The minimum absolute atomic E-state index is 0.102. The molecule has 0 spiro atoms. The van der Waals surface area contributed by atoms with Gasteiger partial charge in [0.2, 0.25) is 0 Å². The van der Waals surface area contributed by atoms with E-state index in [2.05, 4.69) is 10.2 Å². The van der Waals surface area contributed by atoms with E-state index in [-0.39, 0.29) is 24.5 Å². The minimum Gasteiger partial charge on any atom is -0.481 e. The van der Waals surface area contributed by atoms with Gasteiger partial charge in [-0.15, -0.1) is 5.06 Å². The molecule has 4 N–H and O–H groups in total. The van der Waals surface area contributed by atoms with Crippen molar-refractivity contribution >= 4 is 28.8 Å². The van der Waals surface area contributed by atoms with Gasteiger partial charge in [0.05, 0.1) is 29.6 Å². The van der Waals surface area contributed by atoms with Crippen molar-refractivity contribution in [3.05, 3.63) is 29.5 Å². The normalized spacial score (nSPS) is 17.8. The number of aromatic nitrogens is 2. The average Bonchev–Trinajstić information content (AvgIpc) is 3.11. The molecule has 1 aromatic carbocycles. The number of carboxylic acid groups (broad SMARTS) is 2. The third-order valence-electron chi connectivity index (χ3n) is 5.28. The lowest BCUT2D eigenvalue weighted by Gasteiger charge is -2.30. The molecule has 174 valence electrons. The predicted octanol–water partition coefficient (Wildman–Crippen LogP) is 1.90. The van der Waals surface area contributed by atoms with Crippen LogP contribution in [0, 0.1) is 0 Å². The highest BCUT2D eigenvalue weighted by Gasteiger charge is 2.42. The van der Waals surface area contributed by atoms with Crippen molar-refractivity contribution in [3.8, 4) is 0 Å². The van der Waals surface area contributed by atoms with E-state index < -0.39 is 48.1 Å². The van der Waals surface area contributed by atoms with Gasteiger partial charge < -0.3 is 20.2 Å². The van der Waals surface area contributed by atoms with Crippen LogP contribution >= 0.6 is 0 Å². The minimum atomic E-state index is -4.53. The molecule has 1 saturated heterocycles. The maximum atomic E-state index is 13.2. The molecule has 0 radical (unpaired) electrons. The highest BCUT2D eigenvalue weighted by atomic mass is 19.4. The first kappa shape index (κ1) is 23.5. The summed E-state index contributed by atoms with van der Waals surface area (Å²) in [4.78, 5) is 39.0. The Morgan fingerprint density at radius 2 is 1.81 bits per heavy atom. The number of hydrogen-bond donors (Lipinski definition) is 4. The number of H-pyrrole nitrogens is 1. The number of alkyl halides is 3. The van der Waals surface area contributed by atoms with Crippen LogP contribution in [0.15, 0.2) is 18.2 Å². The summed E-state index contributed by atoms with van der Waals surface area (Å²) >= 11 is 0. The summed E-state index contributed by atoms with van der Waals surface area (Å²) in [5.41, 5.74) is -3.24. The smallest absolute Gasteiger partial charge is 0.418 e. The van der Waals surface area contributed by atoms with Gasteiger partial charge in [-0.2, -0.15) is 18.3 Å². The lowest BCUT2D eigenvalue weighted by atomic mass is 9.92. The van der Waals surface area contributed by atoms with Crippen molar-refractivity contribution in [1.82, 2.24) is 15.3 Å². The molecule has 32 heavy (non-hydrogen) atoms. The number of nitrogens with zero attached hydrogens (tertiary/aromatic N) is 2. The van der Waals surface area contributed by atoms with Crippen molar-refractivity contribution in [3.63, 3.8) is 0 Å². The van der Waals surface area contributed by atoms with Crippen molar-refractivity contribution in [2.45, 2.75) is 43.4 Å². The highest BCUT2D eigenvalue weighted by Crippen LogP contribution is 2.37. The molecule has 3 rings (SSSR count). The standard InChI is InChI=1S/C19H20F3N3O7/c20-19(21,22)12-3-1-2-11-15(23-24-16(11)12)10-4-6-25(7-5-10)32-14(28)9-18(31,17(29)30)8-13(26)27/h1-3,10,31H,4-9H2,(H,23,24)(H,26,27)(H,29,30). The zero-order valence-electron chi connectivity index (χ0n) is 16.6. The third-order valence-corrected chi connectivity index (χ3v) is 5.28. The number of aliphatic carboxylic acids is 2. The molecule has 0 saturated carbocycles. The summed E-state index contributed by atoms with van der Waals surface area (Å²) < 4.78 is 39.6. The SMILES string of the molecule is O=C(O)CC(O)(CC(=O)ON1CCC(c2n[nH]c3c(C(F)(F)F)cccc23)CC1)C(=O)O. The Morgan fingerprint density at radius 3 is 2.38 bits per heavy atom. The van der Waals surface area contributed by atoms with Gasteiger partial charge in [0.15, 0.2) is 5.60 Å². The van der Waals surface area contributed by atoms with Crippen LogP contribution in [0.25, 0.3) is 10.9 Å². The van der Waals surface area contributed by atoms with E-state index in [1.165, 1.54) is 11.1 Å². The summed E-state index contributed by atoms with van der Waals surface area (Å²) in [6, 6.07) is 3.82. The topological polar surface area (TPSA) is 153 Å². The maximum absolute atomic E-state index is 13.2. The van der Waals surface area contributed by atoms with Crippen LogP contribution in [0.4, 0.5) is 13.2 Å². The molecule has 1 unspecified atom stereocenters. The molecule has 1 fully saturated rings. The number of piperidine rings is 1. The number of rotatable bonds is 7. The molecule has 1 aromatic heterocycles. The van der Waals surface area contributed by atoms with Crippen LogP contribution in [0.3, 0.4) is 0 Å². The van der Waals surface area contributed by atoms with E-state index in [1.54, 1.807) is 6.07 Å². The van der Waals surface area contributed by atoms with Crippen molar-refractivity contribution in [1.29, 1.82) is 0 Å². The monoisotopic (exact) mass is 459 g/mol. The van der Waals surface area contributed by atoms with Crippen LogP contribution in [0.5, 0.6) is 0 Å². The average molecular weight is 459 g/mol. The molecule has 1 aliphatic rings. The number of para-hydroxylation sites is 1. The summed E-state index contributed by atoms with van der Waals surface area (Å²) in [6.07, 6.45) is -5.98. The summed E-state index contributed by atoms with van der Waals surface area (Å²) in [5, 5.41) is 35.8. The molecule has 0 amide bonds. The Labute approximate surface area is 178 Å². The van der Waals surface area contributed by atoms with Crippen LogP contribution in [-0.2, 0) is 25.4 Å². The molecular weight excluding hydrogens is 439 g/mol. The Morgan fingerprint density at radius 1 is 1.16 bits per heavy atom. The van der Waals surface area contributed by atoms with Crippen LogP contribution in [-0.4, -0.2) is 67.2 Å². The van der Waals surface area contributed by atoms with Gasteiger partial charge >= 0.3 is 24.1 Å². The van der Waals surface area contributed by atoms with Gasteiger partial charge in [0.1, 0.15) is 0 Å². The lowest BCUT2D eigenvalue weighted by molar-refractivity contribution is -0.202. The van der Waals surface area contributed by atoms with E-state index in [9.17, 15) is 32.7 Å². The van der Waals surface area contributed by atoms with Gasteiger partial charge in [-0.25, -0.2) is 4.79 Å². The molecule has 2 heterocycles. The number of carbonyl (C=O) groups excluding carboxylic acids is 1. The zero-order chi connectivity index (χ0) is 23.7. The Hall–Kier alpha value is -3.19. The largest absolute Gasteiger partial charge is 0.481 e. The lowest BCUT2D eigenvalue weighted by Crippen LogP contribution is -2.44. The number of carboxylic acids is 2. The van der Waals surface area contributed by atoms with Gasteiger partial charge in [0.25, 0.3) is 0 Å². The summed E-state index contributed by atoms with van der Waals surface area (Å²) in [5.74, 6) is -4.78. The number of nitrogens with one attached hydrogen (secondary N) is 1. The fourth-order valence-electron chi connectivity index (χ4n) is 3.71. The number of benzene rings is 1. The molecule has 1 atom stereocenters. The number of aliphatic hydroxyl groups is 1. The van der Waals surface area contributed by atoms with Gasteiger partial charge in [-0.3, -0.25) is 14.7 Å². The van der Waals surface area contributed by atoms with E-state index in [1.807, 2.05) is 0 Å². The first-order chi connectivity index (χ1) is 14.9. The summed E-state index contributed by atoms with van der Waals surface area (Å²) in [7, 11) is 0. The number of aromatic amines is 1. The van der Waals surface area contributed by atoms with Crippen molar-refractivity contribution in [2.75, 3.05) is 13.1 Å². The van der Waals surface area contributed by atoms with Crippen molar-refractivity contribution in [2.24, 2.45) is 0 Å². The van der Waals surface area contributed by atoms with Crippen LogP contribution in [0.2, 0.25) is 0 Å². The fraction of sp³-hybridized carbons (Fsp3) is 0.474. The number of fused-ring (bicyclic) bond motifs is 1. The second-order valence-corrected chi connectivity index (χ2v) is 7.59. The number of carbonyl (C=O) groups is 3. The Balaban J connectivity index is 1.63. The van der Waals surface area contributed by atoms with E-state index in [4.69, 9.17) is 15.1 Å². The van der Waals surface area contributed by atoms with E-state index >= 15 is 0 Å². The fourth-order valence-corrected chi connectivity index (χ4v) is 3.71. The van der Waals surface area contributed by atoms with Crippen LogP contribution < -0.4 is 0 Å². The highest BCUT2D eigenvalue weighted by molar-refractivity contribution is 5.88. The van der Waals surface area contributed by atoms with Crippen molar-refractivity contribution < 1.29 is 47.7 Å². The van der Waals surface area contributed by atoms with Gasteiger partial charge in [-0.05, 0) is 18.9 Å². The predicted molar refractivity (Wildman–Crippen MR) is 100 cm³/mol. The molecule has 13 heteroatoms. The Bertz CT molecular complexity index is 1030. The third kappa shape index (κ3) is 4.99. The van der Waals surface area contributed by atoms with E-state index in [0.29, 0.717) is 23.9 Å². The van der Waals surface area contributed by atoms with Gasteiger partial charge in [0, 0.05) is 24.4 Å². The van der Waals surface area contributed by atoms with Gasteiger partial charge in [-0.1, -0.05) is 12.1 Å². The second kappa shape index (κ2) is 8.74. The second-order valence-electron chi connectivity index (χ2n) is 7.59. The number of hydrogen-bond acceptors (Lipinski definition) is 7. The van der Waals surface area contributed by atoms with Crippen LogP contribution in [0.1, 0.15) is 42.9 Å². The van der Waals surface area contributed by atoms with E-state index in [0.717, 1.165) is 6.07 Å². The molecule has 10 nitrogen and oxygen atoms in total. The quantitative estimate of drug-likeness (QED) is 0.486. The molecule has 2 aromatic rings. The maximum Gasteiger partial charge on any atom is 0.418 e. The first-order valence-corrected chi connectivity index (χ1v) is 9.58. The number of hydroxylamine groups is 2. The molecule has 1 aliphatic heterocycles. The zero-order valence-corrected chi connectivity index (χ0v) is 16.6. The molecule has 0 bridgehead atoms. The Kier molecular flexibility index (Phi) is 6.41. The molecular formula is C19H20F3N3O7. The molecule has 0 aliphatic carbocycles.